The van der Waals surface area contributed by atoms with Crippen LogP contribution >= 0.6 is 12.2 Å². The minimum Gasteiger partial charge on any atom is -0.467 e. The van der Waals surface area contributed by atoms with Crippen LogP contribution < -0.4 is 4.74 Å². The van der Waals surface area contributed by atoms with Gasteiger partial charge >= 0.3 is 17.3 Å². The van der Waals surface area contributed by atoms with E-state index >= 15 is 0 Å². The quantitative estimate of drug-likeness (QED) is 0.562. The number of amides is 1. The van der Waals surface area contributed by atoms with Crippen molar-refractivity contribution in [2.45, 2.75) is 57.4 Å². The second kappa shape index (κ2) is 7.95. The Bertz CT molecular complexity index is 747. The molecular weight excluding hydrogens is 382 g/mol. The molecule has 4 atom stereocenters. The average Bonchev–Trinajstić information content (AvgIpc) is 3.18. The van der Waals surface area contributed by atoms with Crippen LogP contribution in [0.5, 0.6) is 5.75 Å². The third-order valence-corrected chi connectivity index (χ3v) is 5.03. The summed E-state index contributed by atoms with van der Waals surface area (Å²) in [7, 11) is 1.32. The van der Waals surface area contributed by atoms with Crippen molar-refractivity contribution in [1.29, 1.82) is 0 Å². The molecule has 28 heavy (non-hydrogen) atoms. The zero-order chi connectivity index (χ0) is 20.5. The molecule has 1 aliphatic carbocycles. The van der Waals surface area contributed by atoms with E-state index in [9.17, 15) is 9.59 Å². The lowest BCUT2D eigenvalue weighted by Crippen LogP contribution is -2.55. The average molecular weight is 407 g/mol. The molecule has 1 aromatic carbocycles. The fraction of sp³-hybridized carbons (Fsp3) is 0.550. The minimum absolute atomic E-state index is 0.0116. The van der Waals surface area contributed by atoms with Gasteiger partial charge in [-0.3, -0.25) is 4.90 Å². The summed E-state index contributed by atoms with van der Waals surface area (Å²) >= 11 is 5.21. The van der Waals surface area contributed by atoms with Gasteiger partial charge in [0.15, 0.2) is 0 Å². The highest BCUT2D eigenvalue weighted by atomic mass is 32.1. The number of piperidine rings is 1. The number of hydrogen-bond donors (Lipinski definition) is 0. The second-order valence-electron chi connectivity index (χ2n) is 7.98. The number of hydrogen-bond acceptors (Lipinski definition) is 7. The number of methoxy groups -OCH3 is 1. The zero-order valence-corrected chi connectivity index (χ0v) is 17.2. The van der Waals surface area contributed by atoms with Gasteiger partial charge < -0.3 is 18.9 Å². The first-order valence-corrected chi connectivity index (χ1v) is 9.63. The molecule has 0 spiro atoms. The van der Waals surface area contributed by atoms with Crippen LogP contribution in [0.4, 0.5) is 4.79 Å². The van der Waals surface area contributed by atoms with Gasteiger partial charge in [-0.25, -0.2) is 9.59 Å². The number of fused-ring (bicyclic) bond motifs is 2. The fourth-order valence-corrected chi connectivity index (χ4v) is 4.07. The van der Waals surface area contributed by atoms with E-state index in [1.54, 1.807) is 32.9 Å². The molecule has 152 valence electrons. The third kappa shape index (κ3) is 4.38. The first-order chi connectivity index (χ1) is 13.2. The van der Waals surface area contributed by atoms with Crippen molar-refractivity contribution in [3.05, 3.63) is 30.3 Å². The van der Waals surface area contributed by atoms with Gasteiger partial charge in [0.25, 0.3) is 0 Å². The second-order valence-corrected chi connectivity index (χ2v) is 8.31. The van der Waals surface area contributed by atoms with Gasteiger partial charge in [-0.1, -0.05) is 18.2 Å². The van der Waals surface area contributed by atoms with Gasteiger partial charge in [0.2, 0.25) is 0 Å². The van der Waals surface area contributed by atoms with Gasteiger partial charge in [-0.15, -0.1) is 0 Å². The molecule has 0 N–H and O–H groups in total. The van der Waals surface area contributed by atoms with Crippen LogP contribution in [-0.2, 0) is 19.0 Å². The standard InChI is InChI=1S/C20H25NO6S/c1-20(2,3)27-18(23)21-14-10-12(16(21)17(22)24-4)11-15(14)26-19(28)25-13-8-6-5-7-9-13/h5-9,12,14-16H,10-11H2,1-4H3/t12-,14+,15+,16-/m0/s1. The highest BCUT2D eigenvalue weighted by Gasteiger charge is 2.58. The maximum absolute atomic E-state index is 12.8. The molecule has 1 aliphatic heterocycles. The molecule has 1 heterocycles. The van der Waals surface area contributed by atoms with E-state index in [1.165, 1.54) is 12.0 Å². The summed E-state index contributed by atoms with van der Waals surface area (Å²) in [5, 5.41) is -0.0116. The van der Waals surface area contributed by atoms with E-state index in [4.69, 9.17) is 31.2 Å². The molecule has 3 rings (SSSR count). The lowest BCUT2D eigenvalue weighted by molar-refractivity contribution is -0.149. The number of benzene rings is 1. The highest BCUT2D eigenvalue weighted by Crippen LogP contribution is 2.45. The van der Waals surface area contributed by atoms with Crippen LogP contribution in [0.3, 0.4) is 0 Å². The molecule has 2 bridgehead atoms. The Hall–Kier alpha value is -2.35. The maximum atomic E-state index is 12.8. The topological polar surface area (TPSA) is 74.3 Å². The predicted molar refractivity (Wildman–Crippen MR) is 105 cm³/mol. The van der Waals surface area contributed by atoms with Gasteiger partial charge in [0, 0.05) is 12.2 Å². The Morgan fingerprint density at radius 2 is 1.82 bits per heavy atom. The summed E-state index contributed by atoms with van der Waals surface area (Å²) in [5.74, 6) is 0.0570. The summed E-state index contributed by atoms with van der Waals surface area (Å²) in [6.07, 6.45) is 0.285. The first-order valence-electron chi connectivity index (χ1n) is 9.22. The van der Waals surface area contributed by atoms with Crippen LogP contribution in [0.25, 0.3) is 0 Å². The summed E-state index contributed by atoms with van der Waals surface area (Å²) in [6, 6.07) is 8.09. The molecule has 0 unspecified atom stereocenters. The maximum Gasteiger partial charge on any atom is 0.411 e. The molecule has 1 saturated heterocycles. The lowest BCUT2D eigenvalue weighted by atomic mass is 9.98. The van der Waals surface area contributed by atoms with E-state index in [-0.39, 0.29) is 23.3 Å². The fourth-order valence-electron chi connectivity index (χ4n) is 3.85. The number of carbonyl (C=O) groups excluding carboxylic acids is 2. The largest absolute Gasteiger partial charge is 0.467 e. The van der Waals surface area contributed by atoms with E-state index in [2.05, 4.69) is 0 Å². The van der Waals surface area contributed by atoms with Crippen molar-refractivity contribution in [2.75, 3.05) is 7.11 Å². The Labute approximate surface area is 169 Å². The van der Waals surface area contributed by atoms with Crippen LogP contribution in [-0.4, -0.2) is 53.1 Å². The van der Waals surface area contributed by atoms with E-state index < -0.39 is 23.7 Å². The number of nitrogens with zero attached hydrogens (tertiary/aromatic N) is 1. The van der Waals surface area contributed by atoms with Crippen molar-refractivity contribution < 1.29 is 28.5 Å². The zero-order valence-electron chi connectivity index (χ0n) is 16.4. The molecule has 2 aliphatic rings. The number of rotatable bonds is 3. The summed E-state index contributed by atoms with van der Waals surface area (Å²) in [5.41, 5.74) is -0.679. The van der Waals surface area contributed by atoms with Crippen LogP contribution in [0, 0.1) is 5.92 Å². The summed E-state index contributed by atoms with van der Waals surface area (Å²) < 4.78 is 21.8. The van der Waals surface area contributed by atoms with Crippen molar-refractivity contribution in [3.63, 3.8) is 0 Å². The van der Waals surface area contributed by atoms with E-state index in [0.29, 0.717) is 18.6 Å². The smallest absolute Gasteiger partial charge is 0.411 e. The molecule has 1 amide bonds. The van der Waals surface area contributed by atoms with Gasteiger partial charge in [0.05, 0.1) is 13.2 Å². The third-order valence-electron chi connectivity index (χ3n) is 4.85. The van der Waals surface area contributed by atoms with Crippen molar-refractivity contribution >= 4 is 29.5 Å². The number of esters is 1. The molecule has 0 radical (unpaired) electrons. The van der Waals surface area contributed by atoms with Crippen LogP contribution in [0.1, 0.15) is 33.6 Å². The number of ether oxygens (including phenoxy) is 4. The Morgan fingerprint density at radius 3 is 2.43 bits per heavy atom. The molecule has 0 aromatic heterocycles. The summed E-state index contributed by atoms with van der Waals surface area (Å²) in [6.45, 7) is 5.34. The van der Waals surface area contributed by atoms with Crippen molar-refractivity contribution in [2.24, 2.45) is 5.92 Å². The van der Waals surface area contributed by atoms with Crippen molar-refractivity contribution in [3.8, 4) is 5.75 Å². The van der Waals surface area contributed by atoms with Crippen LogP contribution in [0.15, 0.2) is 30.3 Å². The predicted octanol–water partition coefficient (Wildman–Crippen LogP) is 3.31. The normalized spacial score (nSPS) is 25.9. The highest BCUT2D eigenvalue weighted by molar-refractivity contribution is 7.79. The van der Waals surface area contributed by atoms with Crippen molar-refractivity contribution in [1.82, 2.24) is 4.90 Å². The Balaban J connectivity index is 1.72. The molecule has 1 saturated carbocycles. The first kappa shape index (κ1) is 20.4. The Morgan fingerprint density at radius 1 is 1.14 bits per heavy atom. The molecular formula is C20H25NO6S. The van der Waals surface area contributed by atoms with Gasteiger partial charge in [0.1, 0.15) is 23.5 Å². The van der Waals surface area contributed by atoms with E-state index in [0.717, 1.165) is 0 Å². The van der Waals surface area contributed by atoms with Gasteiger partial charge in [-0.05, 0) is 51.7 Å². The SMILES string of the molecule is COC(=O)[C@@H]1[C@H]2C[C@H]([C@H](OC(=S)Oc3ccccc3)C2)N1C(=O)OC(C)(C)C. The minimum atomic E-state index is -0.679. The Kier molecular flexibility index (Phi) is 5.79. The molecule has 1 aromatic rings. The number of para-hydroxylation sites is 1. The van der Waals surface area contributed by atoms with Gasteiger partial charge in [-0.2, -0.15) is 0 Å². The van der Waals surface area contributed by atoms with Crippen LogP contribution in [0.2, 0.25) is 0 Å². The molecule has 2 fully saturated rings. The monoisotopic (exact) mass is 407 g/mol. The number of thiocarbonyl (C=S) groups is 1. The number of likely N-dealkylation sites (tertiary alicyclic amines) is 1. The molecule has 7 nitrogen and oxygen atoms in total. The summed E-state index contributed by atoms with van der Waals surface area (Å²) in [4.78, 5) is 26.5. The molecule has 8 heteroatoms. The van der Waals surface area contributed by atoms with E-state index in [1.807, 2.05) is 18.2 Å². The number of carbonyl (C=O) groups is 2. The lowest BCUT2D eigenvalue weighted by Gasteiger charge is -2.38.